The third-order valence-corrected chi connectivity index (χ3v) is 2.14. The summed E-state index contributed by atoms with van der Waals surface area (Å²) in [5, 5.41) is 0. The highest BCUT2D eigenvalue weighted by atomic mass is 16.7. The zero-order valence-electron chi connectivity index (χ0n) is 8.50. The third kappa shape index (κ3) is 5.06. The largest absolute Gasteiger partial charge is 0.353 e. The Kier molecular flexibility index (Phi) is 5.87. The molecule has 2 nitrogen and oxygen atoms in total. The number of allylic oxidation sites excluding steroid dienone is 1. The van der Waals surface area contributed by atoms with Gasteiger partial charge >= 0.3 is 0 Å². The van der Waals surface area contributed by atoms with Crippen molar-refractivity contribution in [2.24, 2.45) is 0 Å². The molecule has 0 spiro atoms. The maximum absolute atomic E-state index is 5.52. The van der Waals surface area contributed by atoms with Crippen LogP contribution in [0.5, 0.6) is 0 Å². The summed E-state index contributed by atoms with van der Waals surface area (Å²) in [6.07, 6.45) is 10.1. The first-order valence-electron chi connectivity index (χ1n) is 5.31. The van der Waals surface area contributed by atoms with Crippen molar-refractivity contribution in [2.45, 2.75) is 45.3 Å². The predicted octanol–water partition coefficient (Wildman–Crippen LogP) is 2.89. The first-order valence-corrected chi connectivity index (χ1v) is 5.31. The van der Waals surface area contributed by atoms with Crippen LogP contribution in [0, 0.1) is 0 Å². The van der Waals surface area contributed by atoms with Crippen molar-refractivity contribution in [3.05, 3.63) is 12.2 Å². The molecule has 0 bridgehead atoms. The van der Waals surface area contributed by atoms with Gasteiger partial charge < -0.3 is 9.47 Å². The van der Waals surface area contributed by atoms with E-state index in [-0.39, 0.29) is 6.29 Å². The minimum absolute atomic E-state index is 0.0556. The highest BCUT2D eigenvalue weighted by Gasteiger charge is 2.12. The zero-order chi connectivity index (χ0) is 9.36. The molecule has 0 saturated carbocycles. The van der Waals surface area contributed by atoms with Crippen molar-refractivity contribution in [1.82, 2.24) is 0 Å². The lowest BCUT2D eigenvalue weighted by molar-refractivity contribution is -0.155. The van der Waals surface area contributed by atoms with Gasteiger partial charge in [0, 0.05) is 6.61 Å². The van der Waals surface area contributed by atoms with Crippen molar-refractivity contribution in [1.29, 1.82) is 0 Å². The molecule has 1 aliphatic rings. The maximum Gasteiger partial charge on any atom is 0.157 e. The summed E-state index contributed by atoms with van der Waals surface area (Å²) < 4.78 is 10.9. The molecule has 0 aromatic carbocycles. The summed E-state index contributed by atoms with van der Waals surface area (Å²) in [6.45, 7) is 3.74. The van der Waals surface area contributed by atoms with Crippen LogP contribution < -0.4 is 0 Å². The minimum atomic E-state index is 0.0556. The lowest BCUT2D eigenvalue weighted by Crippen LogP contribution is -2.22. The van der Waals surface area contributed by atoms with Crippen LogP contribution in [0.15, 0.2) is 12.2 Å². The third-order valence-electron chi connectivity index (χ3n) is 2.14. The van der Waals surface area contributed by atoms with Crippen LogP contribution >= 0.6 is 0 Å². The highest BCUT2D eigenvalue weighted by molar-refractivity contribution is 4.80. The SMILES string of the molecule is CCCC=CCOC1CCCCO1. The fourth-order valence-electron chi connectivity index (χ4n) is 1.36. The lowest BCUT2D eigenvalue weighted by atomic mass is 10.2. The van der Waals surface area contributed by atoms with Crippen molar-refractivity contribution in [3.63, 3.8) is 0 Å². The van der Waals surface area contributed by atoms with Gasteiger partial charge in [-0.2, -0.15) is 0 Å². The molecule has 1 rings (SSSR count). The second-order valence-corrected chi connectivity index (χ2v) is 3.39. The van der Waals surface area contributed by atoms with Crippen LogP contribution in [-0.2, 0) is 9.47 Å². The minimum Gasteiger partial charge on any atom is -0.353 e. The lowest BCUT2D eigenvalue weighted by Gasteiger charge is -2.21. The van der Waals surface area contributed by atoms with E-state index in [9.17, 15) is 0 Å². The van der Waals surface area contributed by atoms with Crippen LogP contribution in [0.25, 0.3) is 0 Å². The second-order valence-electron chi connectivity index (χ2n) is 3.39. The molecular formula is C11H20O2. The molecule has 76 valence electrons. The van der Waals surface area contributed by atoms with E-state index >= 15 is 0 Å². The topological polar surface area (TPSA) is 18.5 Å². The molecule has 0 aromatic heterocycles. The van der Waals surface area contributed by atoms with E-state index in [1.165, 1.54) is 19.3 Å². The van der Waals surface area contributed by atoms with Gasteiger partial charge in [0.25, 0.3) is 0 Å². The first kappa shape index (κ1) is 10.7. The Morgan fingerprint density at radius 2 is 2.31 bits per heavy atom. The molecule has 1 heterocycles. The molecule has 13 heavy (non-hydrogen) atoms. The Balaban J connectivity index is 1.97. The van der Waals surface area contributed by atoms with E-state index < -0.39 is 0 Å². The number of ether oxygens (including phenoxy) is 2. The number of rotatable bonds is 5. The van der Waals surface area contributed by atoms with E-state index in [1.54, 1.807) is 0 Å². The van der Waals surface area contributed by atoms with Crippen molar-refractivity contribution >= 4 is 0 Å². The van der Waals surface area contributed by atoms with E-state index in [0.29, 0.717) is 6.61 Å². The average Bonchev–Trinajstić information content (AvgIpc) is 2.19. The van der Waals surface area contributed by atoms with Gasteiger partial charge in [0.05, 0.1) is 6.61 Å². The van der Waals surface area contributed by atoms with Gasteiger partial charge in [-0.3, -0.25) is 0 Å². The Labute approximate surface area is 80.9 Å². The summed E-state index contributed by atoms with van der Waals surface area (Å²) in [6, 6.07) is 0. The molecule has 0 amide bonds. The van der Waals surface area contributed by atoms with Crippen molar-refractivity contribution in [2.75, 3.05) is 13.2 Å². The molecule has 1 saturated heterocycles. The standard InChI is InChI=1S/C11H20O2/c1-2-3-4-6-9-12-11-8-5-7-10-13-11/h4,6,11H,2-3,5,7-10H2,1H3. The van der Waals surface area contributed by atoms with Gasteiger partial charge in [-0.05, 0) is 25.7 Å². The molecule has 1 aliphatic heterocycles. The van der Waals surface area contributed by atoms with E-state index in [4.69, 9.17) is 9.47 Å². The normalized spacial score (nSPS) is 23.9. The summed E-state index contributed by atoms with van der Waals surface area (Å²) >= 11 is 0. The average molecular weight is 184 g/mol. The fourth-order valence-corrected chi connectivity index (χ4v) is 1.36. The number of hydrogen-bond acceptors (Lipinski definition) is 2. The van der Waals surface area contributed by atoms with Crippen LogP contribution in [-0.4, -0.2) is 19.5 Å². The maximum atomic E-state index is 5.52. The Bertz CT molecular complexity index is 137. The quantitative estimate of drug-likeness (QED) is 0.612. The predicted molar refractivity (Wildman–Crippen MR) is 53.6 cm³/mol. The van der Waals surface area contributed by atoms with E-state index in [0.717, 1.165) is 19.4 Å². The van der Waals surface area contributed by atoms with Gasteiger partial charge in [0.1, 0.15) is 0 Å². The Hall–Kier alpha value is -0.340. The van der Waals surface area contributed by atoms with Crippen molar-refractivity contribution < 1.29 is 9.47 Å². The van der Waals surface area contributed by atoms with E-state index in [1.807, 2.05) is 0 Å². The number of unbranched alkanes of at least 4 members (excludes halogenated alkanes) is 1. The molecule has 1 fully saturated rings. The molecule has 0 aromatic rings. The highest BCUT2D eigenvalue weighted by Crippen LogP contribution is 2.13. The van der Waals surface area contributed by atoms with Gasteiger partial charge in [-0.25, -0.2) is 0 Å². The molecule has 0 aliphatic carbocycles. The smallest absolute Gasteiger partial charge is 0.157 e. The first-order chi connectivity index (χ1) is 6.43. The van der Waals surface area contributed by atoms with Crippen LogP contribution in [0.3, 0.4) is 0 Å². The van der Waals surface area contributed by atoms with Gasteiger partial charge in [-0.1, -0.05) is 25.5 Å². The summed E-state index contributed by atoms with van der Waals surface area (Å²) in [5.74, 6) is 0. The monoisotopic (exact) mass is 184 g/mol. The molecule has 0 N–H and O–H groups in total. The van der Waals surface area contributed by atoms with Gasteiger partial charge in [-0.15, -0.1) is 0 Å². The van der Waals surface area contributed by atoms with E-state index in [2.05, 4.69) is 19.1 Å². The molecule has 1 unspecified atom stereocenters. The summed E-state index contributed by atoms with van der Waals surface area (Å²) in [5.41, 5.74) is 0. The second kappa shape index (κ2) is 7.10. The Morgan fingerprint density at radius 3 is 3.00 bits per heavy atom. The molecule has 2 heteroatoms. The van der Waals surface area contributed by atoms with Crippen LogP contribution in [0.2, 0.25) is 0 Å². The van der Waals surface area contributed by atoms with Crippen LogP contribution in [0.1, 0.15) is 39.0 Å². The molecule has 1 atom stereocenters. The molecular weight excluding hydrogens is 164 g/mol. The summed E-state index contributed by atoms with van der Waals surface area (Å²) in [7, 11) is 0. The molecule has 0 radical (unpaired) electrons. The number of hydrogen-bond donors (Lipinski definition) is 0. The van der Waals surface area contributed by atoms with Crippen LogP contribution in [0.4, 0.5) is 0 Å². The zero-order valence-corrected chi connectivity index (χ0v) is 8.50. The fraction of sp³-hybridized carbons (Fsp3) is 0.818. The van der Waals surface area contributed by atoms with Gasteiger partial charge in [0.15, 0.2) is 6.29 Å². The van der Waals surface area contributed by atoms with Gasteiger partial charge in [0.2, 0.25) is 0 Å². The van der Waals surface area contributed by atoms with Crippen molar-refractivity contribution in [3.8, 4) is 0 Å². The Morgan fingerprint density at radius 1 is 1.38 bits per heavy atom. The summed E-state index contributed by atoms with van der Waals surface area (Å²) in [4.78, 5) is 0.